The highest BCUT2D eigenvalue weighted by atomic mass is 16.3. The molecular formula is C13H16O. The minimum atomic E-state index is 0.0919. The highest BCUT2D eigenvalue weighted by molar-refractivity contribution is 5.40. The summed E-state index contributed by atoms with van der Waals surface area (Å²) in [5.74, 6) is 6.12. The van der Waals surface area contributed by atoms with E-state index in [4.69, 9.17) is 5.11 Å². The zero-order chi connectivity index (χ0) is 10.4. The molecule has 0 spiro atoms. The normalized spacial score (nSPS) is 9.36. The number of aliphatic hydroxyl groups is 1. The van der Waals surface area contributed by atoms with Crippen LogP contribution < -0.4 is 0 Å². The molecule has 0 radical (unpaired) electrons. The predicted molar refractivity (Wildman–Crippen MR) is 58.9 cm³/mol. The van der Waals surface area contributed by atoms with E-state index in [-0.39, 0.29) is 6.61 Å². The van der Waals surface area contributed by atoms with Gasteiger partial charge < -0.3 is 5.11 Å². The molecule has 0 aromatic heterocycles. The van der Waals surface area contributed by atoms with Crippen molar-refractivity contribution < 1.29 is 5.11 Å². The first-order valence-electron chi connectivity index (χ1n) is 5.02. The van der Waals surface area contributed by atoms with Crippen LogP contribution in [0.3, 0.4) is 0 Å². The van der Waals surface area contributed by atoms with Crippen molar-refractivity contribution in [2.24, 2.45) is 0 Å². The van der Waals surface area contributed by atoms with Gasteiger partial charge >= 0.3 is 0 Å². The zero-order valence-electron chi connectivity index (χ0n) is 8.80. The summed E-state index contributed by atoms with van der Waals surface area (Å²) < 4.78 is 0. The maximum Gasteiger partial charge on any atom is 0.0682 e. The van der Waals surface area contributed by atoms with Crippen LogP contribution in [0.2, 0.25) is 0 Å². The topological polar surface area (TPSA) is 20.2 Å². The second-order valence-corrected chi connectivity index (χ2v) is 3.21. The lowest BCUT2D eigenvalue weighted by Crippen LogP contribution is -1.89. The Balaban J connectivity index is 3.04. The Labute approximate surface area is 85.8 Å². The molecule has 0 fully saturated rings. The first-order chi connectivity index (χ1) is 6.80. The van der Waals surface area contributed by atoms with Gasteiger partial charge in [0.1, 0.15) is 0 Å². The van der Waals surface area contributed by atoms with Gasteiger partial charge in [-0.05, 0) is 29.7 Å². The third-order valence-electron chi connectivity index (χ3n) is 2.05. The van der Waals surface area contributed by atoms with Crippen molar-refractivity contribution in [3.63, 3.8) is 0 Å². The minimum absolute atomic E-state index is 0.0919. The molecule has 0 bridgehead atoms. The second kappa shape index (κ2) is 5.47. The zero-order valence-corrected chi connectivity index (χ0v) is 8.80. The molecule has 1 heteroatoms. The number of aryl methyl sites for hydroxylation is 1. The smallest absolute Gasteiger partial charge is 0.0682 e. The van der Waals surface area contributed by atoms with E-state index >= 15 is 0 Å². The molecule has 0 saturated carbocycles. The molecule has 0 unspecified atom stereocenters. The summed E-state index contributed by atoms with van der Waals surface area (Å²) in [4.78, 5) is 0. The van der Waals surface area contributed by atoms with Gasteiger partial charge in [0, 0.05) is 12.0 Å². The van der Waals surface area contributed by atoms with E-state index in [1.54, 1.807) is 0 Å². The molecular weight excluding hydrogens is 172 g/mol. The molecule has 0 aliphatic carbocycles. The lowest BCUT2D eigenvalue weighted by molar-refractivity contribution is 0.281. The van der Waals surface area contributed by atoms with Gasteiger partial charge in [0.25, 0.3) is 0 Å². The van der Waals surface area contributed by atoms with Gasteiger partial charge in [-0.15, -0.1) is 0 Å². The summed E-state index contributed by atoms with van der Waals surface area (Å²) in [5, 5.41) is 9.06. The van der Waals surface area contributed by atoms with Crippen molar-refractivity contribution >= 4 is 0 Å². The number of hydrogen-bond acceptors (Lipinski definition) is 1. The number of rotatable bonds is 2. The molecule has 74 valence electrons. The van der Waals surface area contributed by atoms with Gasteiger partial charge in [0.05, 0.1) is 6.61 Å². The van der Waals surface area contributed by atoms with Gasteiger partial charge in [0.15, 0.2) is 0 Å². The van der Waals surface area contributed by atoms with Crippen molar-refractivity contribution in [1.29, 1.82) is 0 Å². The Kier molecular flexibility index (Phi) is 4.22. The van der Waals surface area contributed by atoms with Crippen molar-refractivity contribution in [2.45, 2.75) is 33.3 Å². The van der Waals surface area contributed by atoms with Crippen LogP contribution in [0.1, 0.15) is 37.0 Å². The maximum atomic E-state index is 9.06. The second-order valence-electron chi connectivity index (χ2n) is 3.21. The van der Waals surface area contributed by atoms with Crippen molar-refractivity contribution in [3.8, 4) is 11.8 Å². The van der Waals surface area contributed by atoms with E-state index in [2.05, 4.69) is 24.8 Å². The van der Waals surface area contributed by atoms with Crippen molar-refractivity contribution in [2.75, 3.05) is 0 Å². The fraction of sp³-hybridized carbons (Fsp3) is 0.385. The average Bonchev–Trinajstić information content (AvgIpc) is 2.25. The van der Waals surface area contributed by atoms with Crippen LogP contribution in [-0.2, 0) is 13.0 Å². The molecule has 1 nitrogen and oxygen atoms in total. The van der Waals surface area contributed by atoms with E-state index in [1.165, 1.54) is 5.56 Å². The summed E-state index contributed by atoms with van der Waals surface area (Å²) in [5.41, 5.74) is 3.19. The van der Waals surface area contributed by atoms with E-state index in [9.17, 15) is 0 Å². The first kappa shape index (κ1) is 10.8. The Morgan fingerprint density at radius 1 is 1.14 bits per heavy atom. The Hall–Kier alpha value is -1.26. The molecule has 0 heterocycles. The van der Waals surface area contributed by atoms with Crippen molar-refractivity contribution in [1.82, 2.24) is 0 Å². The standard InChI is InChI=1S/C13H16O/c1-3-5-6-12-7-11(4-2)8-13(9-12)10-14/h7-9,14H,3-4,10H2,1-2H3. The van der Waals surface area contributed by atoms with E-state index < -0.39 is 0 Å². The van der Waals surface area contributed by atoms with Crippen LogP contribution in [0.15, 0.2) is 18.2 Å². The van der Waals surface area contributed by atoms with Crippen LogP contribution in [0.25, 0.3) is 0 Å². The summed E-state index contributed by atoms with van der Waals surface area (Å²) in [6.07, 6.45) is 1.85. The summed E-state index contributed by atoms with van der Waals surface area (Å²) >= 11 is 0. The number of hydrogen-bond donors (Lipinski definition) is 1. The third kappa shape index (κ3) is 2.90. The van der Waals surface area contributed by atoms with Crippen molar-refractivity contribution in [3.05, 3.63) is 34.9 Å². The van der Waals surface area contributed by atoms with E-state index in [0.29, 0.717) is 0 Å². The molecule has 0 aliphatic rings. The number of aliphatic hydroxyl groups excluding tert-OH is 1. The summed E-state index contributed by atoms with van der Waals surface area (Å²) in [6, 6.07) is 6.06. The minimum Gasteiger partial charge on any atom is -0.392 e. The maximum absolute atomic E-state index is 9.06. The quantitative estimate of drug-likeness (QED) is 0.707. The molecule has 0 amide bonds. The Morgan fingerprint density at radius 3 is 2.43 bits per heavy atom. The highest BCUT2D eigenvalue weighted by Gasteiger charge is 1.96. The summed E-state index contributed by atoms with van der Waals surface area (Å²) in [6.45, 7) is 4.23. The van der Waals surface area contributed by atoms with Gasteiger partial charge in [-0.3, -0.25) is 0 Å². The monoisotopic (exact) mass is 188 g/mol. The lowest BCUT2D eigenvalue weighted by Gasteiger charge is -2.02. The van der Waals surface area contributed by atoms with Crippen LogP contribution >= 0.6 is 0 Å². The van der Waals surface area contributed by atoms with E-state index in [1.807, 2.05) is 19.1 Å². The van der Waals surface area contributed by atoms with Gasteiger partial charge in [-0.1, -0.05) is 31.8 Å². The third-order valence-corrected chi connectivity index (χ3v) is 2.05. The largest absolute Gasteiger partial charge is 0.392 e. The van der Waals surface area contributed by atoms with Crippen LogP contribution in [0.5, 0.6) is 0 Å². The Morgan fingerprint density at radius 2 is 1.86 bits per heavy atom. The molecule has 1 aromatic rings. The van der Waals surface area contributed by atoms with Gasteiger partial charge in [-0.25, -0.2) is 0 Å². The lowest BCUT2D eigenvalue weighted by atomic mass is 10.0. The fourth-order valence-corrected chi connectivity index (χ4v) is 1.32. The predicted octanol–water partition coefficient (Wildman–Crippen LogP) is 2.50. The van der Waals surface area contributed by atoms with E-state index in [0.717, 1.165) is 24.0 Å². The Bertz CT molecular complexity index is 333. The molecule has 0 aliphatic heterocycles. The summed E-state index contributed by atoms with van der Waals surface area (Å²) in [7, 11) is 0. The number of benzene rings is 1. The molecule has 0 saturated heterocycles. The molecule has 1 aromatic carbocycles. The molecule has 0 atom stereocenters. The molecule has 14 heavy (non-hydrogen) atoms. The van der Waals surface area contributed by atoms with Gasteiger partial charge in [-0.2, -0.15) is 0 Å². The van der Waals surface area contributed by atoms with Gasteiger partial charge in [0.2, 0.25) is 0 Å². The van der Waals surface area contributed by atoms with Crippen LogP contribution in [-0.4, -0.2) is 5.11 Å². The van der Waals surface area contributed by atoms with Crippen LogP contribution in [0.4, 0.5) is 0 Å². The SMILES string of the molecule is CCC#Cc1cc(CC)cc(CO)c1. The molecule has 1 rings (SSSR count). The highest BCUT2D eigenvalue weighted by Crippen LogP contribution is 2.10. The fourth-order valence-electron chi connectivity index (χ4n) is 1.32. The van der Waals surface area contributed by atoms with Crippen LogP contribution in [0, 0.1) is 11.8 Å². The average molecular weight is 188 g/mol. The molecule has 1 N–H and O–H groups in total. The first-order valence-corrected chi connectivity index (χ1v) is 5.02.